The van der Waals surface area contributed by atoms with Crippen LogP contribution in [0.3, 0.4) is 0 Å². The molecule has 34 heavy (non-hydrogen) atoms. The first-order valence-electron chi connectivity index (χ1n) is 12.4. The van der Waals surface area contributed by atoms with Crippen LogP contribution in [0.5, 0.6) is 0 Å². The van der Waals surface area contributed by atoms with Crippen molar-refractivity contribution in [2.45, 2.75) is 70.6 Å². The molecule has 184 valence electrons. The van der Waals surface area contributed by atoms with Crippen molar-refractivity contribution in [2.24, 2.45) is 39.1 Å². The van der Waals surface area contributed by atoms with E-state index in [0.717, 1.165) is 5.56 Å². The number of aliphatic hydroxyl groups is 4. The third-order valence-electron chi connectivity index (χ3n) is 10.1. The average molecular weight is 471 g/mol. The van der Waals surface area contributed by atoms with Crippen LogP contribution in [0.4, 0.5) is 5.69 Å². The van der Waals surface area contributed by atoms with Crippen molar-refractivity contribution in [1.82, 2.24) is 0 Å². The summed E-state index contributed by atoms with van der Waals surface area (Å²) in [4.78, 5) is 14.1. The van der Waals surface area contributed by atoms with Crippen molar-refractivity contribution in [3.8, 4) is 0 Å². The van der Waals surface area contributed by atoms with Gasteiger partial charge in [-0.2, -0.15) is 5.10 Å². The highest BCUT2D eigenvalue weighted by molar-refractivity contribution is 6.45. The summed E-state index contributed by atoms with van der Waals surface area (Å²) in [5.41, 5.74) is 1.86. The van der Waals surface area contributed by atoms with Gasteiger partial charge in [-0.3, -0.25) is 10.2 Å². The lowest BCUT2D eigenvalue weighted by Gasteiger charge is -2.74. The van der Waals surface area contributed by atoms with E-state index >= 15 is 0 Å². The summed E-state index contributed by atoms with van der Waals surface area (Å²) in [6.07, 6.45) is -1.19. The molecule has 6 fully saturated rings. The van der Waals surface area contributed by atoms with Crippen LogP contribution in [0.1, 0.15) is 45.1 Å². The first-order chi connectivity index (χ1) is 16.0. The predicted octanol–water partition coefficient (Wildman–Crippen LogP) is 1.60. The monoisotopic (exact) mass is 470 g/mol. The van der Waals surface area contributed by atoms with Gasteiger partial charge in [0, 0.05) is 17.3 Å². The van der Waals surface area contributed by atoms with E-state index in [-0.39, 0.29) is 17.7 Å². The van der Waals surface area contributed by atoms with Crippen molar-refractivity contribution in [1.29, 1.82) is 0 Å². The number of ketones is 1. The zero-order chi connectivity index (χ0) is 24.3. The fraction of sp³-hybridized carbons (Fsp3) is 0.692. The molecule has 2 spiro atoms. The van der Waals surface area contributed by atoms with Gasteiger partial charge in [-0.1, -0.05) is 31.5 Å². The first kappa shape index (κ1) is 22.6. The van der Waals surface area contributed by atoms with Gasteiger partial charge in [-0.25, -0.2) is 0 Å². The lowest BCUT2D eigenvalue weighted by Crippen LogP contribution is -2.85. The highest BCUT2D eigenvalue weighted by atomic mass is 16.6. The Labute approximate surface area is 199 Å². The Bertz CT molecular complexity index is 1070. The molecule has 0 amide bonds. The summed E-state index contributed by atoms with van der Waals surface area (Å²) in [5, 5.41) is 51.0. The van der Waals surface area contributed by atoms with Gasteiger partial charge in [0.15, 0.2) is 5.78 Å². The lowest BCUT2D eigenvalue weighted by atomic mass is 9.35. The standard InChI is InChI=1S/C26H34N2O6/c1-13-4-6-14(7-5-13)27-28-18-15-8-9-16-24-12-34-26(33,25(16,20(15)30)21(18)31)22(32)19(24)23(2,3)11-10-17(24)29/h4-7,15-17,19-20,22,27,29-30,32-33H,8-12H2,1-3H3/b28-18-/t15-,16?,17-,19?,20+,22-,24+,25?,26-/m0/s1. The number of benzene rings is 1. The molecule has 3 unspecified atom stereocenters. The average Bonchev–Trinajstić information content (AvgIpc) is 2.90. The number of anilines is 1. The van der Waals surface area contributed by atoms with Crippen LogP contribution < -0.4 is 5.43 Å². The first-order valence-corrected chi connectivity index (χ1v) is 12.4. The molecule has 0 radical (unpaired) electrons. The normalized spacial score (nSPS) is 49.6. The van der Waals surface area contributed by atoms with Gasteiger partial charge in [0.25, 0.3) is 0 Å². The van der Waals surface area contributed by atoms with Crippen LogP contribution in [0.25, 0.3) is 0 Å². The number of carbonyl (C=O) groups is 1. The molecule has 4 aliphatic carbocycles. The Morgan fingerprint density at radius 1 is 1.06 bits per heavy atom. The van der Waals surface area contributed by atoms with E-state index in [4.69, 9.17) is 4.74 Å². The number of aryl methyl sites for hydroxylation is 1. The smallest absolute Gasteiger partial charge is 0.208 e. The van der Waals surface area contributed by atoms with Crippen LogP contribution in [-0.4, -0.2) is 62.6 Å². The SMILES string of the molecule is Cc1ccc(N/N=C2\C(=O)C34C(CC[C@@H]2[C@H]3O)[C@@]23CO[C@@]4(O)[C@@H](O)C2C(C)(C)CC[C@@H]3O)cc1. The molecule has 1 aromatic rings. The number of hydrazone groups is 1. The van der Waals surface area contributed by atoms with Crippen LogP contribution in [0.15, 0.2) is 29.4 Å². The Kier molecular flexibility index (Phi) is 4.58. The molecule has 8 nitrogen and oxygen atoms in total. The number of nitrogens with zero attached hydrogens (tertiary/aromatic N) is 1. The molecule has 6 aliphatic rings. The second-order valence-corrected chi connectivity index (χ2v) is 11.9. The highest BCUT2D eigenvalue weighted by Crippen LogP contribution is 2.75. The van der Waals surface area contributed by atoms with E-state index in [2.05, 4.69) is 10.5 Å². The predicted molar refractivity (Wildman–Crippen MR) is 124 cm³/mol. The third-order valence-corrected chi connectivity index (χ3v) is 10.1. The molecule has 8 heteroatoms. The van der Waals surface area contributed by atoms with E-state index in [1.54, 1.807) is 0 Å². The Hall–Kier alpha value is -1.84. The fourth-order valence-corrected chi connectivity index (χ4v) is 8.65. The molecular formula is C26H34N2O6. The molecule has 4 saturated carbocycles. The number of ether oxygens (including phenoxy) is 1. The second-order valence-electron chi connectivity index (χ2n) is 11.9. The molecule has 7 rings (SSSR count). The van der Waals surface area contributed by atoms with Crippen molar-refractivity contribution < 1.29 is 30.0 Å². The molecule has 2 aliphatic heterocycles. The van der Waals surface area contributed by atoms with E-state index in [1.807, 2.05) is 45.0 Å². The Balaban J connectivity index is 1.48. The summed E-state index contributed by atoms with van der Waals surface area (Å²) in [6.45, 7) is 6.12. The van der Waals surface area contributed by atoms with Gasteiger partial charge in [-0.15, -0.1) is 0 Å². The molecule has 2 saturated heterocycles. The van der Waals surface area contributed by atoms with E-state index < -0.39 is 58.5 Å². The zero-order valence-corrected chi connectivity index (χ0v) is 19.9. The Morgan fingerprint density at radius 2 is 1.76 bits per heavy atom. The number of aliphatic hydroxyl groups excluding tert-OH is 3. The van der Waals surface area contributed by atoms with Crippen LogP contribution in [0.2, 0.25) is 0 Å². The van der Waals surface area contributed by atoms with Gasteiger partial charge >= 0.3 is 0 Å². The minimum atomic E-state index is -2.24. The number of nitrogens with one attached hydrogen (secondary N) is 1. The summed E-state index contributed by atoms with van der Waals surface area (Å²) in [6, 6.07) is 7.57. The summed E-state index contributed by atoms with van der Waals surface area (Å²) < 4.78 is 5.95. The largest absolute Gasteiger partial charge is 0.392 e. The van der Waals surface area contributed by atoms with E-state index in [0.29, 0.717) is 31.4 Å². The minimum Gasteiger partial charge on any atom is -0.392 e. The number of carbonyl (C=O) groups excluding carboxylic acids is 1. The second kappa shape index (κ2) is 6.89. The summed E-state index contributed by atoms with van der Waals surface area (Å²) >= 11 is 0. The highest BCUT2D eigenvalue weighted by Gasteiger charge is 2.87. The topological polar surface area (TPSA) is 132 Å². The van der Waals surface area contributed by atoms with Crippen LogP contribution in [0, 0.1) is 40.9 Å². The molecule has 5 N–H and O–H groups in total. The van der Waals surface area contributed by atoms with Crippen molar-refractivity contribution in [2.75, 3.05) is 12.0 Å². The number of rotatable bonds is 2. The molecule has 1 aromatic carbocycles. The maximum atomic E-state index is 14.1. The van der Waals surface area contributed by atoms with Crippen molar-refractivity contribution in [3.63, 3.8) is 0 Å². The van der Waals surface area contributed by atoms with E-state index in [9.17, 15) is 25.2 Å². The quantitative estimate of drug-likeness (QED) is 0.415. The lowest BCUT2D eigenvalue weighted by molar-refractivity contribution is -0.458. The van der Waals surface area contributed by atoms with Gasteiger partial charge < -0.3 is 25.2 Å². The fourth-order valence-electron chi connectivity index (χ4n) is 8.65. The maximum Gasteiger partial charge on any atom is 0.208 e. The maximum absolute atomic E-state index is 14.1. The molecule has 0 aromatic heterocycles. The van der Waals surface area contributed by atoms with Gasteiger partial charge in [0.05, 0.1) is 24.5 Å². The minimum absolute atomic E-state index is 0.0565. The van der Waals surface area contributed by atoms with Crippen molar-refractivity contribution >= 4 is 17.2 Å². The number of fused-ring (bicyclic) bond motifs is 2. The molecule has 4 bridgehead atoms. The molecule has 9 atom stereocenters. The summed E-state index contributed by atoms with van der Waals surface area (Å²) in [5.74, 6) is -4.28. The summed E-state index contributed by atoms with van der Waals surface area (Å²) in [7, 11) is 0. The van der Waals surface area contributed by atoms with Crippen LogP contribution in [-0.2, 0) is 9.53 Å². The van der Waals surface area contributed by atoms with Crippen molar-refractivity contribution in [3.05, 3.63) is 29.8 Å². The number of hydrogen-bond acceptors (Lipinski definition) is 8. The molecular weight excluding hydrogens is 436 g/mol. The number of hydrogen-bond donors (Lipinski definition) is 5. The zero-order valence-electron chi connectivity index (χ0n) is 19.9. The number of Topliss-reactive ketones (excluding diaryl/α,β-unsaturated/α-hetero) is 1. The van der Waals surface area contributed by atoms with Gasteiger partial charge in [0.2, 0.25) is 5.79 Å². The van der Waals surface area contributed by atoms with E-state index in [1.165, 1.54) is 0 Å². The third kappa shape index (κ3) is 2.36. The van der Waals surface area contributed by atoms with Gasteiger partial charge in [-0.05, 0) is 56.1 Å². The van der Waals surface area contributed by atoms with Gasteiger partial charge in [0.1, 0.15) is 17.2 Å². The Morgan fingerprint density at radius 3 is 2.47 bits per heavy atom. The van der Waals surface area contributed by atoms with Crippen LogP contribution >= 0.6 is 0 Å². The molecule has 2 heterocycles.